The van der Waals surface area contributed by atoms with E-state index in [2.05, 4.69) is 55.4 Å². The van der Waals surface area contributed by atoms with Gasteiger partial charge in [-0.1, -0.05) is 67.2 Å². The molecule has 1 aliphatic rings. The largest absolute Gasteiger partial charge is 0.412 e. The van der Waals surface area contributed by atoms with E-state index in [1.54, 1.807) is 6.26 Å². The smallest absolute Gasteiger partial charge is 0.223 e. The summed E-state index contributed by atoms with van der Waals surface area (Å²) in [5.41, 5.74) is 1.61. The molecule has 0 saturated heterocycles. The van der Waals surface area contributed by atoms with E-state index >= 15 is 0 Å². The highest BCUT2D eigenvalue weighted by Crippen LogP contribution is 2.48. The number of allylic oxidation sites excluding steroid dienone is 1. The third-order valence-electron chi connectivity index (χ3n) is 6.11. The van der Waals surface area contributed by atoms with Crippen molar-refractivity contribution in [3.8, 4) is 0 Å². The Kier molecular flexibility index (Phi) is 8.92. The van der Waals surface area contributed by atoms with Crippen molar-refractivity contribution >= 4 is 42.7 Å². The van der Waals surface area contributed by atoms with Gasteiger partial charge < -0.3 is 4.43 Å². The van der Waals surface area contributed by atoms with E-state index in [1.807, 2.05) is 6.26 Å². The van der Waals surface area contributed by atoms with E-state index in [0.717, 1.165) is 16.7 Å². The highest BCUT2D eigenvalue weighted by molar-refractivity contribution is 8.13. The molecule has 0 amide bonds. The maximum Gasteiger partial charge on any atom is 0.223 e. The summed E-state index contributed by atoms with van der Waals surface area (Å²) in [5.74, 6) is -0.0477. The van der Waals surface area contributed by atoms with Crippen LogP contribution in [0.5, 0.6) is 0 Å². The van der Waals surface area contributed by atoms with E-state index in [1.165, 1.54) is 11.8 Å². The fourth-order valence-electron chi connectivity index (χ4n) is 4.68. The van der Waals surface area contributed by atoms with E-state index in [4.69, 9.17) is 4.43 Å². The van der Waals surface area contributed by atoms with Crippen molar-refractivity contribution in [2.24, 2.45) is 5.41 Å². The molecule has 156 valence electrons. The molecule has 0 fully saturated rings. The molecule has 27 heavy (non-hydrogen) atoms. The van der Waals surface area contributed by atoms with Gasteiger partial charge in [0.05, 0.1) is 11.7 Å². The van der Waals surface area contributed by atoms with Crippen molar-refractivity contribution in [1.82, 2.24) is 0 Å². The van der Waals surface area contributed by atoms with Crippen LogP contribution in [0.1, 0.15) is 68.2 Å². The van der Waals surface area contributed by atoms with Gasteiger partial charge in [-0.2, -0.15) is 0 Å². The van der Waals surface area contributed by atoms with Crippen molar-refractivity contribution in [3.63, 3.8) is 0 Å². The molecule has 0 radical (unpaired) electrons. The third kappa shape index (κ3) is 5.12. The van der Waals surface area contributed by atoms with Crippen molar-refractivity contribution in [2.75, 3.05) is 12.5 Å². The van der Waals surface area contributed by atoms with Gasteiger partial charge in [0, 0.05) is 11.3 Å². The fourth-order valence-corrected chi connectivity index (χ4v) is 11.8. The number of rotatable bonds is 7. The van der Waals surface area contributed by atoms with Gasteiger partial charge in [0.1, 0.15) is 0 Å². The molecule has 0 bridgehead atoms. The van der Waals surface area contributed by atoms with Crippen LogP contribution in [-0.4, -0.2) is 37.8 Å². The van der Waals surface area contributed by atoms with Crippen LogP contribution in [0, 0.1) is 5.41 Å². The fraction of sp³-hybridized carbons (Fsp3) is 0.810. The number of hydrogen-bond donors (Lipinski definition) is 0. The molecular formula is C21H38O3S2Si. The lowest BCUT2D eigenvalue weighted by molar-refractivity contribution is -0.120. The van der Waals surface area contributed by atoms with Gasteiger partial charge in [-0.25, -0.2) is 0 Å². The van der Waals surface area contributed by atoms with Crippen LogP contribution < -0.4 is 0 Å². The molecule has 0 aromatic rings. The molecule has 6 heteroatoms. The summed E-state index contributed by atoms with van der Waals surface area (Å²) >= 11 is 2.67. The number of ketones is 1. The first-order chi connectivity index (χ1) is 12.3. The molecular weight excluding hydrogens is 392 g/mol. The average molecular weight is 431 g/mol. The normalized spacial score (nSPS) is 21.4. The number of Topliss-reactive ketones (excluding diaryl/α,β-unsaturated/α-hetero) is 1. The second kappa shape index (κ2) is 9.64. The Bertz CT molecular complexity index is 572. The molecule has 1 rings (SSSR count). The summed E-state index contributed by atoms with van der Waals surface area (Å²) in [7, 11) is -2.11. The molecule has 0 N–H and O–H groups in total. The minimum absolute atomic E-state index is 0.0477. The van der Waals surface area contributed by atoms with Crippen LogP contribution in [0.25, 0.3) is 0 Å². The first-order valence-corrected chi connectivity index (χ1v) is 14.5. The van der Waals surface area contributed by atoms with Gasteiger partial charge in [-0.3, -0.25) is 9.59 Å². The summed E-state index contributed by atoms with van der Waals surface area (Å²) in [6, 6.07) is 0. The summed E-state index contributed by atoms with van der Waals surface area (Å²) < 4.78 is 7.05. The second-order valence-corrected chi connectivity index (χ2v) is 16.3. The zero-order chi connectivity index (χ0) is 21.2. The number of thioether (sulfide) groups is 2. The van der Waals surface area contributed by atoms with Crippen molar-refractivity contribution in [2.45, 2.75) is 91.0 Å². The zero-order valence-electron chi connectivity index (χ0n) is 18.8. The Labute approximate surface area is 176 Å². The topological polar surface area (TPSA) is 43.4 Å². The minimum atomic E-state index is -2.11. The lowest BCUT2D eigenvalue weighted by Crippen LogP contribution is -2.53. The first kappa shape index (κ1) is 25.0. The Balaban J connectivity index is 3.40. The van der Waals surface area contributed by atoms with Crippen LogP contribution in [0.4, 0.5) is 0 Å². The van der Waals surface area contributed by atoms with E-state index in [9.17, 15) is 9.59 Å². The molecule has 1 unspecified atom stereocenters. The number of carbonyl (C=O) groups is 2. The second-order valence-electron chi connectivity index (χ2n) is 9.21. The first-order valence-electron chi connectivity index (χ1n) is 9.91. The molecule has 1 aliphatic carbocycles. The Morgan fingerprint density at radius 1 is 1.07 bits per heavy atom. The van der Waals surface area contributed by atoms with Gasteiger partial charge in [0.2, 0.25) is 13.4 Å². The van der Waals surface area contributed by atoms with Crippen LogP contribution >= 0.6 is 23.5 Å². The third-order valence-corrected chi connectivity index (χ3v) is 13.6. The summed E-state index contributed by atoms with van der Waals surface area (Å²) in [5, 5.41) is -0.110. The Hall–Kier alpha value is -0.0431. The molecule has 0 saturated carbocycles. The molecule has 3 nitrogen and oxygen atoms in total. The lowest BCUT2D eigenvalue weighted by Gasteiger charge is -2.47. The molecule has 0 heterocycles. The van der Waals surface area contributed by atoms with Crippen LogP contribution in [0.2, 0.25) is 16.6 Å². The van der Waals surface area contributed by atoms with Crippen molar-refractivity contribution in [3.05, 3.63) is 10.5 Å². The number of carbonyl (C=O) groups excluding carboxylic acids is 2. The molecule has 0 aromatic heterocycles. The van der Waals surface area contributed by atoms with Gasteiger partial charge >= 0.3 is 0 Å². The lowest BCUT2D eigenvalue weighted by atomic mass is 9.82. The van der Waals surface area contributed by atoms with E-state index in [-0.39, 0.29) is 22.4 Å². The zero-order valence-corrected chi connectivity index (χ0v) is 21.4. The van der Waals surface area contributed by atoms with Gasteiger partial charge in [-0.05, 0) is 41.0 Å². The monoisotopic (exact) mass is 430 g/mol. The summed E-state index contributed by atoms with van der Waals surface area (Å²) in [4.78, 5) is 26.5. The van der Waals surface area contributed by atoms with Crippen molar-refractivity contribution in [1.29, 1.82) is 0 Å². The SMILES string of the molecule is CSC(=O)C1=C(SC)CC(C)(C)C(O[Si](C(C)C)(C(C)C)C(C)C)CC1=O. The predicted octanol–water partition coefficient (Wildman–Crippen LogP) is 6.44. The highest BCUT2D eigenvalue weighted by atomic mass is 32.2. The minimum Gasteiger partial charge on any atom is -0.412 e. The summed E-state index contributed by atoms with van der Waals surface area (Å²) in [6.45, 7) is 18.0. The standard InChI is InChI=1S/C21H38O3S2Si/c1-13(2)27(14(3)4,15(5)6)24-18-11-16(22)19(20(23)26-10)17(25-9)12-21(18,7)8/h13-15,18H,11-12H2,1-10H3. The maximum absolute atomic E-state index is 13.1. The Morgan fingerprint density at radius 2 is 1.56 bits per heavy atom. The van der Waals surface area contributed by atoms with Gasteiger partial charge in [0.25, 0.3) is 0 Å². The van der Waals surface area contributed by atoms with Crippen molar-refractivity contribution < 1.29 is 14.0 Å². The van der Waals surface area contributed by atoms with Crippen LogP contribution in [0.3, 0.4) is 0 Å². The highest BCUT2D eigenvalue weighted by Gasteiger charge is 2.50. The molecule has 0 aliphatic heterocycles. The summed E-state index contributed by atoms with van der Waals surface area (Å²) in [6.07, 6.45) is 4.57. The number of hydrogen-bond acceptors (Lipinski definition) is 5. The molecule has 0 spiro atoms. The van der Waals surface area contributed by atoms with Gasteiger partial charge in [-0.15, -0.1) is 11.8 Å². The van der Waals surface area contributed by atoms with Crippen LogP contribution in [0.15, 0.2) is 10.5 Å². The Morgan fingerprint density at radius 3 is 1.93 bits per heavy atom. The quantitative estimate of drug-likeness (QED) is 0.343. The van der Waals surface area contributed by atoms with Crippen LogP contribution in [-0.2, 0) is 14.0 Å². The maximum atomic E-state index is 13.1. The van der Waals surface area contributed by atoms with Gasteiger partial charge in [0.15, 0.2) is 5.78 Å². The molecule has 1 atom stereocenters. The molecule has 0 aromatic carbocycles. The van der Waals surface area contributed by atoms with E-state index in [0.29, 0.717) is 35.0 Å². The predicted molar refractivity (Wildman–Crippen MR) is 123 cm³/mol. The van der Waals surface area contributed by atoms with E-state index < -0.39 is 8.32 Å². The average Bonchev–Trinajstić information content (AvgIpc) is 2.64.